The summed E-state index contributed by atoms with van der Waals surface area (Å²) in [5, 5.41) is 0. The second-order valence-electron chi connectivity index (χ2n) is 6.48. The molecule has 1 nitrogen and oxygen atoms in total. The smallest absolute Gasteiger partial charge is 0.460 e. The highest BCUT2D eigenvalue weighted by molar-refractivity contribution is 5.20. The van der Waals surface area contributed by atoms with Crippen molar-refractivity contribution in [3.05, 3.63) is 30.3 Å². The van der Waals surface area contributed by atoms with Crippen LogP contribution in [-0.2, 0) is 0 Å². The van der Waals surface area contributed by atoms with Crippen LogP contribution in [0.2, 0.25) is 0 Å². The lowest BCUT2D eigenvalue weighted by atomic mass is 9.88. The first-order valence-electron chi connectivity index (χ1n) is 8.13. The van der Waals surface area contributed by atoms with Crippen molar-refractivity contribution in [3.8, 4) is 5.75 Å². The quantitative estimate of drug-likeness (QED) is 0.285. The predicted molar refractivity (Wildman–Crippen MR) is 76.1 cm³/mol. The first-order chi connectivity index (χ1) is 14.8. The van der Waals surface area contributed by atoms with Crippen LogP contribution in [0.3, 0.4) is 0 Å². The van der Waals surface area contributed by atoms with Gasteiger partial charge >= 0.3 is 47.6 Å². The summed E-state index contributed by atoms with van der Waals surface area (Å²) >= 11 is 0. The molecule has 0 heterocycles. The van der Waals surface area contributed by atoms with Gasteiger partial charge in [-0.1, -0.05) is 12.1 Å². The molecule has 0 aliphatic carbocycles. The molecule has 0 N–H and O–H groups in total. The molecule has 18 heteroatoms. The van der Waals surface area contributed by atoms with Crippen molar-refractivity contribution in [2.75, 3.05) is 6.61 Å². The van der Waals surface area contributed by atoms with Crippen molar-refractivity contribution in [3.63, 3.8) is 0 Å². The molecule has 0 spiro atoms. The lowest BCUT2D eigenvalue weighted by Gasteiger charge is -2.42. The molecule has 1 radical (unpaired) electrons. The number of rotatable bonds is 10. The van der Waals surface area contributed by atoms with Crippen molar-refractivity contribution in [2.45, 2.75) is 54.1 Å². The Hall–Kier alpha value is -2.17. The molecular weight excluding hydrogens is 531 g/mol. The van der Waals surface area contributed by atoms with Crippen molar-refractivity contribution >= 4 is 0 Å². The lowest BCUT2D eigenvalue weighted by molar-refractivity contribution is -0.461. The van der Waals surface area contributed by atoms with Gasteiger partial charge in [-0.15, -0.1) is 0 Å². The minimum absolute atomic E-state index is 0.393. The van der Waals surface area contributed by atoms with Gasteiger partial charge < -0.3 is 4.74 Å². The molecule has 0 saturated carbocycles. The van der Waals surface area contributed by atoms with E-state index in [1.54, 1.807) is 0 Å². The summed E-state index contributed by atoms with van der Waals surface area (Å²) in [5.41, 5.74) is 0. The largest absolute Gasteiger partial charge is 0.493 e. The summed E-state index contributed by atoms with van der Waals surface area (Å²) in [6, 6.07) is 6.38. The van der Waals surface area contributed by atoms with E-state index in [0.717, 1.165) is 24.3 Å². The van der Waals surface area contributed by atoms with Gasteiger partial charge in [0.15, 0.2) is 0 Å². The number of alkyl halides is 17. The summed E-state index contributed by atoms with van der Waals surface area (Å²) in [6.45, 7) is -1.69. The molecule has 0 atom stereocenters. The molecule has 0 amide bonds. The maximum atomic E-state index is 13.6. The molecule has 197 valence electrons. The van der Waals surface area contributed by atoms with E-state index in [-0.39, 0.29) is 0 Å². The monoisotopic (exact) mass is 539 g/mol. The molecule has 1 aromatic carbocycles. The Morgan fingerprint density at radius 3 is 1.26 bits per heavy atom. The van der Waals surface area contributed by atoms with E-state index in [4.69, 9.17) is 0 Å². The van der Waals surface area contributed by atoms with Crippen LogP contribution in [0.15, 0.2) is 24.3 Å². The summed E-state index contributed by atoms with van der Waals surface area (Å²) in [5.74, 6) is -56.7. The number of ether oxygens (including phenoxy) is 1. The Kier molecular flexibility index (Phi) is 7.46. The van der Waals surface area contributed by atoms with Crippen LogP contribution in [0.4, 0.5) is 74.6 Å². The van der Waals surface area contributed by atoms with Crippen molar-refractivity contribution < 1.29 is 79.4 Å². The molecule has 0 bridgehead atoms. The maximum absolute atomic E-state index is 13.6. The zero-order valence-corrected chi connectivity index (χ0v) is 15.6. The Balaban J connectivity index is 3.36. The highest BCUT2D eigenvalue weighted by Crippen LogP contribution is 2.64. The third kappa shape index (κ3) is 4.31. The van der Waals surface area contributed by atoms with E-state index in [0.29, 0.717) is 0 Å². The Morgan fingerprint density at radius 1 is 0.529 bits per heavy atom. The van der Waals surface area contributed by atoms with Crippen LogP contribution in [0.1, 0.15) is 6.42 Å². The zero-order valence-electron chi connectivity index (χ0n) is 15.6. The predicted octanol–water partition coefficient (Wildman–Crippen LogP) is 7.27. The van der Waals surface area contributed by atoms with Crippen molar-refractivity contribution in [1.82, 2.24) is 0 Å². The van der Waals surface area contributed by atoms with Gasteiger partial charge in [0.25, 0.3) is 0 Å². The Labute approximate surface area is 177 Å². The fourth-order valence-corrected chi connectivity index (χ4v) is 2.12. The molecule has 0 aliphatic rings. The first-order valence-corrected chi connectivity index (χ1v) is 8.13. The third-order valence-electron chi connectivity index (χ3n) is 4.16. The summed E-state index contributed by atoms with van der Waals surface area (Å²) in [4.78, 5) is 0. The number of benzene rings is 1. The average molecular weight is 539 g/mol. The maximum Gasteiger partial charge on any atom is 0.460 e. The highest BCUT2D eigenvalue weighted by atomic mass is 19.4. The second kappa shape index (κ2) is 8.49. The zero-order chi connectivity index (χ0) is 27.2. The van der Waals surface area contributed by atoms with Gasteiger partial charge in [-0.05, 0) is 18.2 Å². The minimum atomic E-state index is -8.63. The topological polar surface area (TPSA) is 9.23 Å². The molecule has 0 aliphatic heterocycles. The standard InChI is InChI=1S/C16H8F17O/c17-9(18,6-7-34-8-4-2-1-3-5-8)10(19,20)11(21,22)12(23,24)13(25,26)14(27,28)15(29,30)16(31,32)33/h2-5H,6-7H2. The normalized spacial score (nSPS) is 15.4. The lowest BCUT2D eigenvalue weighted by Crippen LogP contribution is -2.74. The van der Waals surface area contributed by atoms with E-state index in [1.807, 2.05) is 0 Å². The van der Waals surface area contributed by atoms with Gasteiger partial charge in [0.05, 0.1) is 13.0 Å². The average Bonchev–Trinajstić information content (AvgIpc) is 2.66. The van der Waals surface area contributed by atoms with E-state index < -0.39 is 66.4 Å². The van der Waals surface area contributed by atoms with Crippen molar-refractivity contribution in [2.24, 2.45) is 0 Å². The Bertz CT molecular complexity index is 828. The van der Waals surface area contributed by atoms with E-state index in [9.17, 15) is 74.6 Å². The summed E-state index contributed by atoms with van der Waals surface area (Å²) in [7, 11) is 0. The molecule has 0 saturated heterocycles. The van der Waals surface area contributed by atoms with Gasteiger partial charge in [0, 0.05) is 0 Å². The number of hydrogen-bond acceptors (Lipinski definition) is 1. The SMILES string of the molecule is FC(F)(F)C(F)(F)C(F)(F)C(F)(F)C(F)(F)C(F)(F)C(F)(F)C(F)(F)CCOc1cc[c]cc1. The van der Waals surface area contributed by atoms with Gasteiger partial charge in [0.2, 0.25) is 0 Å². The van der Waals surface area contributed by atoms with Crippen LogP contribution in [0.5, 0.6) is 5.75 Å². The third-order valence-corrected chi connectivity index (χ3v) is 4.16. The summed E-state index contributed by atoms with van der Waals surface area (Å²) < 4.78 is 227. The van der Waals surface area contributed by atoms with Gasteiger partial charge in [-0.2, -0.15) is 74.6 Å². The van der Waals surface area contributed by atoms with Crippen molar-refractivity contribution in [1.29, 1.82) is 0 Å². The van der Waals surface area contributed by atoms with Gasteiger partial charge in [-0.25, -0.2) is 0 Å². The Morgan fingerprint density at radius 2 is 0.882 bits per heavy atom. The van der Waals surface area contributed by atoms with Gasteiger partial charge in [0.1, 0.15) is 5.75 Å². The molecule has 0 unspecified atom stereocenters. The van der Waals surface area contributed by atoms with Crippen LogP contribution in [-0.4, -0.2) is 54.2 Å². The molecule has 34 heavy (non-hydrogen) atoms. The molecule has 0 aromatic heterocycles. The molecular formula is C16H8F17O. The molecule has 1 rings (SSSR count). The van der Waals surface area contributed by atoms with Gasteiger partial charge in [-0.3, -0.25) is 0 Å². The fraction of sp³-hybridized carbons (Fsp3) is 0.625. The second-order valence-corrected chi connectivity index (χ2v) is 6.48. The highest BCUT2D eigenvalue weighted by Gasteiger charge is 2.95. The van der Waals surface area contributed by atoms with Crippen LogP contribution < -0.4 is 4.74 Å². The number of hydrogen-bond donors (Lipinski definition) is 0. The molecule has 0 fully saturated rings. The first kappa shape index (κ1) is 29.9. The molecule has 1 aromatic rings. The van der Waals surface area contributed by atoms with Crippen LogP contribution in [0.25, 0.3) is 0 Å². The summed E-state index contributed by atoms with van der Waals surface area (Å²) in [6.07, 6.45) is -10.4. The fourth-order valence-electron chi connectivity index (χ4n) is 2.12. The van der Waals surface area contributed by atoms with Crippen LogP contribution >= 0.6 is 0 Å². The van der Waals surface area contributed by atoms with Crippen LogP contribution in [0, 0.1) is 6.07 Å². The minimum Gasteiger partial charge on any atom is -0.493 e. The number of halogens is 17. The van der Waals surface area contributed by atoms with E-state index in [1.165, 1.54) is 0 Å². The van der Waals surface area contributed by atoms with E-state index >= 15 is 0 Å². The van der Waals surface area contributed by atoms with E-state index in [2.05, 4.69) is 10.8 Å².